The highest BCUT2D eigenvalue weighted by atomic mass is 32.1. The van der Waals surface area contributed by atoms with E-state index in [1.54, 1.807) is 24.4 Å². The first-order valence-electron chi connectivity index (χ1n) is 10.6. The fourth-order valence-corrected chi connectivity index (χ4v) is 5.00. The van der Waals surface area contributed by atoms with Crippen LogP contribution in [0.4, 0.5) is 14.5 Å². The molecule has 7 heteroatoms. The van der Waals surface area contributed by atoms with E-state index in [4.69, 9.17) is 12.2 Å². The number of aryl methyl sites for hydroxylation is 1. The quantitative estimate of drug-likeness (QED) is 0.382. The molecule has 33 heavy (non-hydrogen) atoms. The molecule has 2 aromatic heterocycles. The van der Waals surface area contributed by atoms with E-state index in [2.05, 4.69) is 16.4 Å². The summed E-state index contributed by atoms with van der Waals surface area (Å²) in [5.41, 5.74) is 5.38. The molecule has 3 heterocycles. The van der Waals surface area contributed by atoms with Gasteiger partial charge in [-0.3, -0.25) is 4.98 Å². The Morgan fingerprint density at radius 2 is 1.67 bits per heavy atom. The predicted octanol–water partition coefficient (Wildman–Crippen LogP) is 5.94. The van der Waals surface area contributed by atoms with Crippen LogP contribution >= 0.6 is 12.2 Å². The number of nitrogens with one attached hydrogen (secondary N) is 1. The highest BCUT2D eigenvalue weighted by Crippen LogP contribution is 2.43. The third-order valence-electron chi connectivity index (χ3n) is 6.06. The zero-order chi connectivity index (χ0) is 23.1. The molecule has 4 aromatic rings. The Bertz CT molecular complexity index is 1320. The Labute approximate surface area is 196 Å². The third kappa shape index (κ3) is 3.78. The van der Waals surface area contributed by atoms with Crippen molar-refractivity contribution in [2.24, 2.45) is 0 Å². The molecule has 0 spiro atoms. The number of nitrogens with zero attached hydrogens (tertiary/aromatic N) is 3. The minimum atomic E-state index is -0.307. The first-order valence-corrected chi connectivity index (χ1v) is 11.1. The van der Waals surface area contributed by atoms with Gasteiger partial charge in [-0.05, 0) is 92.3 Å². The zero-order valence-corrected chi connectivity index (χ0v) is 19.0. The predicted molar refractivity (Wildman–Crippen MR) is 130 cm³/mol. The molecule has 2 atom stereocenters. The van der Waals surface area contributed by atoms with E-state index in [0.717, 1.165) is 34.0 Å². The summed E-state index contributed by atoms with van der Waals surface area (Å²) in [6, 6.07) is 20.3. The molecule has 5 rings (SSSR count). The fraction of sp³-hybridized carbons (Fsp3) is 0.154. The van der Waals surface area contributed by atoms with E-state index in [9.17, 15) is 8.78 Å². The van der Waals surface area contributed by atoms with Crippen molar-refractivity contribution in [3.8, 4) is 5.69 Å². The average molecular weight is 461 g/mol. The zero-order valence-electron chi connectivity index (χ0n) is 18.2. The molecule has 166 valence electrons. The van der Waals surface area contributed by atoms with Crippen LogP contribution < -0.4 is 10.2 Å². The molecule has 2 aromatic carbocycles. The lowest BCUT2D eigenvalue weighted by Crippen LogP contribution is -2.29. The first-order chi connectivity index (χ1) is 15.9. The van der Waals surface area contributed by atoms with Crippen molar-refractivity contribution in [3.63, 3.8) is 0 Å². The lowest BCUT2D eigenvalue weighted by Gasteiger charge is -2.28. The molecule has 1 aliphatic heterocycles. The van der Waals surface area contributed by atoms with Crippen LogP contribution in [0.1, 0.15) is 34.7 Å². The molecular formula is C26H22F2N4S. The van der Waals surface area contributed by atoms with Gasteiger partial charge in [-0.25, -0.2) is 8.78 Å². The van der Waals surface area contributed by atoms with E-state index >= 15 is 0 Å². The van der Waals surface area contributed by atoms with Crippen LogP contribution in [-0.2, 0) is 0 Å². The largest absolute Gasteiger partial charge is 0.351 e. The molecule has 1 saturated heterocycles. The minimum absolute atomic E-state index is 0.217. The maximum Gasteiger partial charge on any atom is 0.174 e. The van der Waals surface area contributed by atoms with Crippen molar-refractivity contribution in [3.05, 3.63) is 113 Å². The van der Waals surface area contributed by atoms with Gasteiger partial charge < -0.3 is 14.8 Å². The Hall–Kier alpha value is -3.58. The van der Waals surface area contributed by atoms with Crippen LogP contribution in [-0.4, -0.2) is 14.7 Å². The highest BCUT2D eigenvalue weighted by Gasteiger charge is 2.42. The summed E-state index contributed by atoms with van der Waals surface area (Å²) < 4.78 is 29.7. The number of anilines is 1. The number of hydrogen-bond acceptors (Lipinski definition) is 2. The Balaban J connectivity index is 1.68. The van der Waals surface area contributed by atoms with Crippen LogP contribution in [0.2, 0.25) is 0 Å². The van der Waals surface area contributed by atoms with Gasteiger partial charge in [0.2, 0.25) is 0 Å². The first kappa shape index (κ1) is 21.3. The second kappa shape index (κ2) is 8.41. The van der Waals surface area contributed by atoms with Crippen LogP contribution in [0.5, 0.6) is 0 Å². The SMILES string of the molecule is Cc1cc([C@H]2[C@@H](c3ccccn3)NC(=S)N2c2ccc(F)cc2)c(C)n1-c1cccc(F)c1. The summed E-state index contributed by atoms with van der Waals surface area (Å²) in [6.07, 6.45) is 1.76. The number of benzene rings is 2. The molecule has 4 nitrogen and oxygen atoms in total. The molecule has 0 bridgehead atoms. The lowest BCUT2D eigenvalue weighted by molar-refractivity contribution is 0.565. The van der Waals surface area contributed by atoms with E-state index in [-0.39, 0.29) is 23.7 Å². The second-order valence-corrected chi connectivity index (χ2v) is 8.50. The number of halogens is 2. The van der Waals surface area contributed by atoms with E-state index in [1.165, 1.54) is 24.3 Å². The summed E-state index contributed by atoms with van der Waals surface area (Å²) in [7, 11) is 0. The van der Waals surface area contributed by atoms with Crippen LogP contribution in [0, 0.1) is 25.5 Å². The summed E-state index contributed by atoms with van der Waals surface area (Å²) in [4.78, 5) is 6.58. The number of rotatable bonds is 4. The third-order valence-corrected chi connectivity index (χ3v) is 6.37. The maximum absolute atomic E-state index is 14.0. The van der Waals surface area contributed by atoms with Crippen LogP contribution in [0.15, 0.2) is 79.0 Å². The highest BCUT2D eigenvalue weighted by molar-refractivity contribution is 7.80. The molecular weight excluding hydrogens is 438 g/mol. The topological polar surface area (TPSA) is 33.1 Å². The monoisotopic (exact) mass is 460 g/mol. The van der Waals surface area contributed by atoms with Gasteiger partial charge in [-0.2, -0.15) is 0 Å². The van der Waals surface area contributed by atoms with E-state index in [0.29, 0.717) is 5.11 Å². The molecule has 0 aliphatic carbocycles. The normalized spacial score (nSPS) is 17.9. The van der Waals surface area contributed by atoms with Gasteiger partial charge in [0.1, 0.15) is 11.6 Å². The maximum atomic E-state index is 14.0. The minimum Gasteiger partial charge on any atom is -0.351 e. The van der Waals surface area contributed by atoms with Crippen molar-refractivity contribution in [2.75, 3.05) is 4.90 Å². The summed E-state index contributed by atoms with van der Waals surface area (Å²) in [5.74, 6) is -0.594. The van der Waals surface area contributed by atoms with Gasteiger partial charge in [0.25, 0.3) is 0 Å². The van der Waals surface area contributed by atoms with Gasteiger partial charge in [0, 0.05) is 29.0 Å². The number of hydrogen-bond donors (Lipinski definition) is 1. The van der Waals surface area contributed by atoms with Crippen LogP contribution in [0.25, 0.3) is 5.69 Å². The molecule has 0 amide bonds. The Kier molecular flexibility index (Phi) is 5.42. The smallest absolute Gasteiger partial charge is 0.174 e. The van der Waals surface area contributed by atoms with Crippen molar-refractivity contribution >= 4 is 23.0 Å². The summed E-state index contributed by atoms with van der Waals surface area (Å²) >= 11 is 5.74. The van der Waals surface area contributed by atoms with Crippen molar-refractivity contribution in [1.29, 1.82) is 0 Å². The molecule has 1 aliphatic rings. The van der Waals surface area contributed by atoms with Gasteiger partial charge in [-0.1, -0.05) is 12.1 Å². The molecule has 1 N–H and O–H groups in total. The number of pyridine rings is 1. The van der Waals surface area contributed by atoms with Gasteiger partial charge in [0.15, 0.2) is 5.11 Å². The van der Waals surface area contributed by atoms with E-state index in [1.807, 2.05) is 47.6 Å². The number of thiocarbonyl (C=S) groups is 1. The molecule has 0 saturated carbocycles. The van der Waals surface area contributed by atoms with Gasteiger partial charge >= 0.3 is 0 Å². The van der Waals surface area contributed by atoms with Crippen LogP contribution in [0.3, 0.4) is 0 Å². The number of aromatic nitrogens is 2. The summed E-state index contributed by atoms with van der Waals surface area (Å²) in [6.45, 7) is 4.02. The molecule has 0 unspecified atom stereocenters. The lowest BCUT2D eigenvalue weighted by atomic mass is 9.96. The standard InChI is InChI=1S/C26H22F2N4S/c1-16-14-22(17(2)31(16)21-7-5-6-19(28)15-21)25-24(23-8-3-4-13-29-23)30-26(33)32(25)20-11-9-18(27)10-12-20/h3-15,24-25H,1-2H3,(H,30,33)/t24-,25+/m1/s1. The van der Waals surface area contributed by atoms with Gasteiger partial charge in [0.05, 0.1) is 17.8 Å². The molecule has 0 radical (unpaired) electrons. The molecule has 1 fully saturated rings. The Morgan fingerprint density at radius 1 is 0.879 bits per heavy atom. The van der Waals surface area contributed by atoms with E-state index < -0.39 is 0 Å². The summed E-state index contributed by atoms with van der Waals surface area (Å²) in [5, 5.41) is 3.96. The van der Waals surface area contributed by atoms with Crippen molar-refractivity contribution in [2.45, 2.75) is 25.9 Å². The van der Waals surface area contributed by atoms with Crippen molar-refractivity contribution < 1.29 is 8.78 Å². The second-order valence-electron chi connectivity index (χ2n) is 8.11. The average Bonchev–Trinajstić information content (AvgIpc) is 3.30. The van der Waals surface area contributed by atoms with Gasteiger partial charge in [-0.15, -0.1) is 0 Å². The van der Waals surface area contributed by atoms with Crippen molar-refractivity contribution in [1.82, 2.24) is 14.9 Å². The fourth-order valence-electron chi connectivity index (χ4n) is 4.65. The Morgan fingerprint density at radius 3 is 2.36 bits per heavy atom.